The highest BCUT2D eigenvalue weighted by atomic mass is 32.1. The number of hydrogen-bond donors (Lipinski definition) is 1. The maximum absolute atomic E-state index is 11.3. The van der Waals surface area contributed by atoms with Crippen LogP contribution < -0.4 is 4.90 Å². The van der Waals surface area contributed by atoms with Gasteiger partial charge in [-0.25, -0.2) is 9.79 Å². The smallest absolute Gasteiger partial charge is 0.348 e. The number of aromatic carboxylic acids is 1. The molecule has 0 amide bonds. The molecule has 1 aliphatic rings. The lowest BCUT2D eigenvalue weighted by atomic mass is 10.2. The summed E-state index contributed by atoms with van der Waals surface area (Å²) in [5.41, 5.74) is 2.63. The van der Waals surface area contributed by atoms with Crippen molar-refractivity contribution >= 4 is 34.5 Å². The number of para-hydroxylation sites is 1. The van der Waals surface area contributed by atoms with Gasteiger partial charge in [0.1, 0.15) is 10.7 Å². The lowest BCUT2D eigenvalue weighted by Gasteiger charge is -2.19. The molecule has 1 aromatic carbocycles. The second-order valence-electron chi connectivity index (χ2n) is 5.02. The minimum Gasteiger partial charge on any atom is -0.477 e. The summed E-state index contributed by atoms with van der Waals surface area (Å²) < 4.78 is 0. The number of rotatable bonds is 3. The number of anilines is 1. The predicted octanol–water partition coefficient (Wildman–Crippen LogP) is 4.09. The number of nitrogens with zero attached hydrogens (tertiary/aromatic N) is 2. The zero-order chi connectivity index (χ0) is 14.8. The van der Waals surface area contributed by atoms with Gasteiger partial charge in [0.2, 0.25) is 0 Å². The Balaban J connectivity index is 1.99. The van der Waals surface area contributed by atoms with Crippen molar-refractivity contribution in [3.63, 3.8) is 0 Å². The van der Waals surface area contributed by atoms with Crippen molar-refractivity contribution in [1.29, 1.82) is 0 Å². The van der Waals surface area contributed by atoms with Gasteiger partial charge in [-0.2, -0.15) is 0 Å². The third kappa shape index (κ3) is 2.69. The van der Waals surface area contributed by atoms with Crippen molar-refractivity contribution in [2.45, 2.75) is 19.8 Å². The van der Waals surface area contributed by atoms with Crippen LogP contribution >= 0.6 is 11.3 Å². The van der Waals surface area contributed by atoms with Gasteiger partial charge in [0, 0.05) is 18.7 Å². The molecule has 21 heavy (non-hydrogen) atoms. The zero-order valence-electron chi connectivity index (χ0n) is 11.7. The summed E-state index contributed by atoms with van der Waals surface area (Å²) in [4.78, 5) is 18.4. The first-order valence-corrected chi connectivity index (χ1v) is 7.76. The average molecular weight is 300 g/mol. The van der Waals surface area contributed by atoms with Gasteiger partial charge in [0.25, 0.3) is 0 Å². The summed E-state index contributed by atoms with van der Waals surface area (Å²) >= 11 is 1.24. The molecule has 0 unspecified atom stereocenters. The Bertz CT molecular complexity index is 692. The summed E-state index contributed by atoms with van der Waals surface area (Å²) in [7, 11) is 0. The molecule has 0 aliphatic carbocycles. The van der Waals surface area contributed by atoms with Crippen LogP contribution in [0.15, 0.2) is 40.7 Å². The fraction of sp³-hybridized carbons (Fsp3) is 0.250. The Morgan fingerprint density at radius 1 is 1.33 bits per heavy atom. The second-order valence-corrected chi connectivity index (χ2v) is 5.90. The van der Waals surface area contributed by atoms with Gasteiger partial charge in [-0.1, -0.05) is 18.2 Å². The van der Waals surface area contributed by atoms with Crippen LogP contribution in [-0.4, -0.2) is 23.5 Å². The predicted molar refractivity (Wildman–Crippen MR) is 86.1 cm³/mol. The van der Waals surface area contributed by atoms with Crippen LogP contribution in [0.1, 0.15) is 28.1 Å². The summed E-state index contributed by atoms with van der Waals surface area (Å²) in [6.45, 7) is 2.83. The van der Waals surface area contributed by atoms with Gasteiger partial charge in [-0.15, -0.1) is 11.3 Å². The molecule has 108 valence electrons. The first-order chi connectivity index (χ1) is 10.2. The molecule has 1 fully saturated rings. The number of amidine groups is 1. The van der Waals surface area contributed by atoms with Crippen molar-refractivity contribution in [2.24, 2.45) is 4.99 Å². The first-order valence-electron chi connectivity index (χ1n) is 6.88. The highest BCUT2D eigenvalue weighted by Gasteiger charge is 2.22. The van der Waals surface area contributed by atoms with Crippen LogP contribution in [0, 0.1) is 6.92 Å². The normalized spacial score (nSPS) is 16.6. The molecule has 0 bridgehead atoms. The molecule has 4 nitrogen and oxygen atoms in total. The van der Waals surface area contributed by atoms with Crippen LogP contribution in [0.2, 0.25) is 0 Å². The highest BCUT2D eigenvalue weighted by molar-refractivity contribution is 7.12. The molecule has 0 radical (unpaired) electrons. The van der Waals surface area contributed by atoms with Gasteiger partial charge >= 0.3 is 5.97 Å². The van der Waals surface area contributed by atoms with Crippen molar-refractivity contribution in [3.05, 3.63) is 46.2 Å². The molecule has 5 heteroatoms. The maximum atomic E-state index is 11.3. The third-order valence-corrected chi connectivity index (χ3v) is 4.61. The Morgan fingerprint density at radius 2 is 2.10 bits per heavy atom. The first kappa shape index (κ1) is 13.8. The van der Waals surface area contributed by atoms with E-state index in [2.05, 4.69) is 22.0 Å². The minimum absolute atomic E-state index is 0.319. The topological polar surface area (TPSA) is 52.9 Å². The molecule has 0 spiro atoms. The number of aryl methyl sites for hydroxylation is 1. The van der Waals surface area contributed by atoms with E-state index in [1.165, 1.54) is 11.3 Å². The molecule has 3 rings (SSSR count). The summed E-state index contributed by atoms with van der Waals surface area (Å²) in [6.07, 6.45) is 1.92. The summed E-state index contributed by atoms with van der Waals surface area (Å²) in [6, 6.07) is 10.1. The molecule has 1 aromatic heterocycles. The number of carbonyl (C=O) groups is 1. The third-order valence-electron chi connectivity index (χ3n) is 3.54. The Kier molecular flexibility index (Phi) is 3.75. The van der Waals surface area contributed by atoms with E-state index in [1.54, 1.807) is 0 Å². The van der Waals surface area contributed by atoms with Crippen LogP contribution in [0.4, 0.5) is 11.4 Å². The van der Waals surface area contributed by atoms with Crippen molar-refractivity contribution < 1.29 is 9.90 Å². The fourth-order valence-electron chi connectivity index (χ4n) is 2.52. The lowest BCUT2D eigenvalue weighted by Crippen LogP contribution is -2.23. The number of carboxylic acids is 1. The second kappa shape index (κ2) is 5.69. The van der Waals surface area contributed by atoms with E-state index in [4.69, 9.17) is 0 Å². The SMILES string of the molecule is Cc1csc(C(=O)O)c1N=C1CCCN1c1ccccc1. The van der Waals surface area contributed by atoms with Gasteiger partial charge in [-0.05, 0) is 36.4 Å². The monoisotopic (exact) mass is 300 g/mol. The number of carboxylic acid groups (broad SMARTS) is 1. The van der Waals surface area contributed by atoms with Crippen molar-refractivity contribution in [2.75, 3.05) is 11.4 Å². The van der Waals surface area contributed by atoms with Gasteiger partial charge in [-0.3, -0.25) is 0 Å². The number of aliphatic imine (C=N–C) groups is 1. The lowest BCUT2D eigenvalue weighted by molar-refractivity contribution is 0.0703. The molecule has 1 saturated heterocycles. The maximum Gasteiger partial charge on any atom is 0.348 e. The molecule has 2 heterocycles. The van der Waals surface area contributed by atoms with E-state index in [1.807, 2.05) is 30.5 Å². The van der Waals surface area contributed by atoms with Crippen molar-refractivity contribution in [1.82, 2.24) is 0 Å². The van der Waals surface area contributed by atoms with Crippen LogP contribution in [-0.2, 0) is 0 Å². The minimum atomic E-state index is -0.906. The number of benzene rings is 1. The van der Waals surface area contributed by atoms with E-state index in [-0.39, 0.29) is 0 Å². The van der Waals surface area contributed by atoms with Crippen LogP contribution in [0.3, 0.4) is 0 Å². The van der Waals surface area contributed by atoms with Gasteiger partial charge in [0.05, 0.1) is 5.69 Å². The van der Waals surface area contributed by atoms with E-state index in [0.29, 0.717) is 10.6 Å². The molecular formula is C16H16N2O2S. The molecular weight excluding hydrogens is 284 g/mol. The largest absolute Gasteiger partial charge is 0.477 e. The van der Waals surface area contributed by atoms with Gasteiger partial charge in [0.15, 0.2) is 0 Å². The number of thiophene rings is 1. The molecule has 0 saturated carbocycles. The highest BCUT2D eigenvalue weighted by Crippen LogP contribution is 2.32. The summed E-state index contributed by atoms with van der Waals surface area (Å²) in [5.74, 6) is 0.0434. The Morgan fingerprint density at radius 3 is 2.81 bits per heavy atom. The Hall–Kier alpha value is -2.14. The van der Waals surface area contributed by atoms with E-state index >= 15 is 0 Å². The molecule has 1 N–H and O–H groups in total. The standard InChI is InChI=1S/C16H16N2O2S/c1-11-10-21-15(16(19)20)14(11)17-13-8-5-9-18(13)12-6-3-2-4-7-12/h2-4,6-7,10H,5,8-9H2,1H3,(H,19,20). The van der Waals surface area contributed by atoms with Crippen molar-refractivity contribution in [3.8, 4) is 0 Å². The van der Waals surface area contributed by atoms with Crippen LogP contribution in [0.5, 0.6) is 0 Å². The fourth-order valence-corrected chi connectivity index (χ4v) is 3.34. The quantitative estimate of drug-likeness (QED) is 0.929. The zero-order valence-corrected chi connectivity index (χ0v) is 12.6. The van der Waals surface area contributed by atoms with Gasteiger partial charge < -0.3 is 10.0 Å². The van der Waals surface area contributed by atoms with E-state index in [9.17, 15) is 9.90 Å². The number of hydrogen-bond acceptors (Lipinski definition) is 3. The average Bonchev–Trinajstić information content (AvgIpc) is 3.08. The van der Waals surface area contributed by atoms with E-state index in [0.717, 1.165) is 36.5 Å². The Labute approximate surface area is 127 Å². The van der Waals surface area contributed by atoms with Crippen LogP contribution in [0.25, 0.3) is 0 Å². The molecule has 0 atom stereocenters. The summed E-state index contributed by atoms with van der Waals surface area (Å²) in [5, 5.41) is 11.1. The molecule has 1 aliphatic heterocycles. The molecule has 2 aromatic rings. The van der Waals surface area contributed by atoms with E-state index < -0.39 is 5.97 Å².